The molecule has 1 N–H and O–H groups in total. The minimum absolute atomic E-state index is 0.0524. The third-order valence-corrected chi connectivity index (χ3v) is 3.07. The molecule has 2 aromatic rings. The lowest BCUT2D eigenvalue weighted by molar-refractivity contribution is 0.202. The summed E-state index contributed by atoms with van der Waals surface area (Å²) in [6, 6.07) is 1.74. The summed E-state index contributed by atoms with van der Waals surface area (Å²) in [5.74, 6) is 0.0524. The van der Waals surface area contributed by atoms with E-state index in [0.29, 0.717) is 25.1 Å². The van der Waals surface area contributed by atoms with E-state index < -0.39 is 0 Å². The van der Waals surface area contributed by atoms with Crippen LogP contribution in [0.25, 0.3) is 5.65 Å². The van der Waals surface area contributed by atoms with Gasteiger partial charge in [0.05, 0.1) is 6.61 Å². The summed E-state index contributed by atoms with van der Waals surface area (Å²) in [5.41, 5.74) is 1.44. The second kappa shape index (κ2) is 6.02. The normalized spacial score (nSPS) is 11.4. The number of pyridine rings is 1. The van der Waals surface area contributed by atoms with Crippen LogP contribution in [0.4, 0.5) is 0 Å². The van der Waals surface area contributed by atoms with Crippen molar-refractivity contribution in [3.8, 4) is 5.75 Å². The Morgan fingerprint density at radius 2 is 2.15 bits per heavy atom. The van der Waals surface area contributed by atoms with E-state index in [1.807, 2.05) is 19.0 Å². The summed E-state index contributed by atoms with van der Waals surface area (Å²) in [7, 11) is 5.42. The van der Waals surface area contributed by atoms with Crippen molar-refractivity contribution >= 4 is 5.65 Å². The Kier molecular flexibility index (Phi) is 4.36. The monoisotopic (exact) mass is 277 g/mol. The van der Waals surface area contributed by atoms with Crippen molar-refractivity contribution in [1.82, 2.24) is 14.3 Å². The Bertz CT molecular complexity index is 664. The molecule has 20 heavy (non-hydrogen) atoms. The van der Waals surface area contributed by atoms with Crippen LogP contribution in [-0.4, -0.2) is 47.2 Å². The quantitative estimate of drug-likeness (QED) is 0.869. The number of fused-ring (bicyclic) bond motifs is 1. The minimum atomic E-state index is -0.168. The Morgan fingerprint density at radius 3 is 2.80 bits per heavy atom. The molecular formula is C14H19N3O3. The summed E-state index contributed by atoms with van der Waals surface area (Å²) in [5, 5.41) is 10.2. The first-order valence-corrected chi connectivity index (χ1v) is 6.39. The van der Waals surface area contributed by atoms with Crippen LogP contribution >= 0.6 is 0 Å². The van der Waals surface area contributed by atoms with Gasteiger partial charge in [0, 0.05) is 43.6 Å². The molecule has 0 aliphatic carbocycles. The maximum Gasteiger partial charge on any atom is 0.261 e. The third-order valence-electron chi connectivity index (χ3n) is 3.07. The maximum absolute atomic E-state index is 12.3. The van der Waals surface area contributed by atoms with E-state index in [0.717, 1.165) is 5.56 Å². The second-order valence-corrected chi connectivity index (χ2v) is 4.95. The fraction of sp³-hybridized carbons (Fsp3) is 0.429. The van der Waals surface area contributed by atoms with E-state index in [1.165, 1.54) is 10.6 Å². The summed E-state index contributed by atoms with van der Waals surface area (Å²) < 4.78 is 6.34. The maximum atomic E-state index is 12.3. The molecule has 2 rings (SSSR count). The van der Waals surface area contributed by atoms with Gasteiger partial charge in [0.1, 0.15) is 0 Å². The highest BCUT2D eigenvalue weighted by atomic mass is 16.5. The summed E-state index contributed by atoms with van der Waals surface area (Å²) >= 11 is 0. The summed E-state index contributed by atoms with van der Waals surface area (Å²) in [6.45, 7) is 1.05. The summed E-state index contributed by atoms with van der Waals surface area (Å²) in [6.07, 6.45) is 3.67. The lowest BCUT2D eigenvalue weighted by Gasteiger charge is -2.13. The van der Waals surface area contributed by atoms with Crippen LogP contribution < -0.4 is 5.56 Å². The molecular weight excluding hydrogens is 258 g/mol. The molecule has 0 unspecified atom stereocenters. The van der Waals surface area contributed by atoms with Crippen LogP contribution in [0.3, 0.4) is 0 Å². The molecule has 6 heteroatoms. The molecule has 0 aliphatic rings. The number of nitrogens with zero attached hydrogens (tertiary/aromatic N) is 3. The largest absolute Gasteiger partial charge is 0.504 e. The minimum Gasteiger partial charge on any atom is -0.504 e. The van der Waals surface area contributed by atoms with E-state index in [2.05, 4.69) is 4.98 Å². The zero-order valence-electron chi connectivity index (χ0n) is 12.0. The molecule has 0 spiro atoms. The molecule has 2 heterocycles. The first-order valence-electron chi connectivity index (χ1n) is 6.39. The van der Waals surface area contributed by atoms with Crippen molar-refractivity contribution in [1.29, 1.82) is 0 Å². The topological polar surface area (TPSA) is 67.1 Å². The van der Waals surface area contributed by atoms with Crippen LogP contribution in [0.1, 0.15) is 11.1 Å². The molecule has 6 nitrogen and oxygen atoms in total. The van der Waals surface area contributed by atoms with Gasteiger partial charge in [-0.15, -0.1) is 0 Å². The van der Waals surface area contributed by atoms with Crippen LogP contribution in [0.5, 0.6) is 5.75 Å². The molecule has 0 fully saturated rings. The number of hydrogen-bond acceptors (Lipinski definition) is 5. The van der Waals surface area contributed by atoms with Crippen LogP contribution in [-0.2, 0) is 17.7 Å². The summed E-state index contributed by atoms with van der Waals surface area (Å²) in [4.78, 5) is 18.4. The Morgan fingerprint density at radius 1 is 1.40 bits per heavy atom. The highest BCUT2D eigenvalue weighted by Gasteiger charge is 2.11. The SMILES string of the molecule is COCCc1cnc2c(O)c(CN(C)C)ccn2c1=O. The lowest BCUT2D eigenvalue weighted by atomic mass is 10.2. The van der Waals surface area contributed by atoms with Gasteiger partial charge in [-0.25, -0.2) is 4.98 Å². The molecule has 0 saturated heterocycles. The van der Waals surface area contributed by atoms with Gasteiger partial charge in [0.2, 0.25) is 0 Å². The smallest absolute Gasteiger partial charge is 0.261 e. The van der Waals surface area contributed by atoms with Crippen molar-refractivity contribution < 1.29 is 9.84 Å². The average molecular weight is 277 g/mol. The fourth-order valence-electron chi connectivity index (χ4n) is 2.06. The van der Waals surface area contributed by atoms with Gasteiger partial charge in [-0.1, -0.05) is 0 Å². The molecule has 0 saturated carbocycles. The highest BCUT2D eigenvalue weighted by molar-refractivity contribution is 5.56. The first kappa shape index (κ1) is 14.5. The number of aromatic nitrogens is 2. The zero-order chi connectivity index (χ0) is 14.7. The van der Waals surface area contributed by atoms with Gasteiger partial charge in [-0.2, -0.15) is 0 Å². The van der Waals surface area contributed by atoms with Crippen molar-refractivity contribution in [2.24, 2.45) is 0 Å². The Labute approximate surface area is 117 Å². The van der Waals surface area contributed by atoms with Gasteiger partial charge in [0.25, 0.3) is 5.56 Å². The Balaban J connectivity index is 2.50. The van der Waals surface area contributed by atoms with Crippen molar-refractivity contribution in [3.05, 3.63) is 39.9 Å². The average Bonchev–Trinajstić information content (AvgIpc) is 2.41. The molecule has 108 valence electrons. The van der Waals surface area contributed by atoms with Gasteiger partial charge in [-0.05, 0) is 20.2 Å². The molecule has 0 aromatic carbocycles. The van der Waals surface area contributed by atoms with Crippen LogP contribution in [0.15, 0.2) is 23.3 Å². The van der Waals surface area contributed by atoms with Crippen molar-refractivity contribution in [2.45, 2.75) is 13.0 Å². The van der Waals surface area contributed by atoms with Crippen LogP contribution in [0, 0.1) is 0 Å². The van der Waals surface area contributed by atoms with Gasteiger partial charge >= 0.3 is 0 Å². The lowest BCUT2D eigenvalue weighted by Crippen LogP contribution is -2.21. The number of rotatable bonds is 5. The molecule has 2 aromatic heterocycles. The Hall–Kier alpha value is -1.92. The molecule has 0 atom stereocenters. The number of ether oxygens (including phenoxy) is 1. The number of aromatic hydroxyl groups is 1. The van der Waals surface area contributed by atoms with Gasteiger partial charge in [0.15, 0.2) is 11.4 Å². The highest BCUT2D eigenvalue weighted by Crippen LogP contribution is 2.21. The predicted octanol–water partition coefficient (Wildman–Crippen LogP) is 0.651. The molecule has 0 amide bonds. The second-order valence-electron chi connectivity index (χ2n) is 4.95. The fourth-order valence-corrected chi connectivity index (χ4v) is 2.06. The van der Waals surface area contributed by atoms with Gasteiger partial charge in [-0.3, -0.25) is 9.20 Å². The first-order chi connectivity index (χ1) is 9.54. The molecule has 0 radical (unpaired) electrons. The van der Waals surface area contributed by atoms with Crippen molar-refractivity contribution in [3.63, 3.8) is 0 Å². The predicted molar refractivity (Wildman–Crippen MR) is 76.1 cm³/mol. The zero-order valence-corrected chi connectivity index (χ0v) is 12.0. The third kappa shape index (κ3) is 2.81. The van der Waals surface area contributed by atoms with E-state index in [4.69, 9.17) is 4.74 Å². The van der Waals surface area contributed by atoms with E-state index in [1.54, 1.807) is 19.4 Å². The molecule has 0 aliphatic heterocycles. The van der Waals surface area contributed by atoms with Crippen LogP contribution in [0.2, 0.25) is 0 Å². The van der Waals surface area contributed by atoms with Gasteiger partial charge < -0.3 is 14.7 Å². The van der Waals surface area contributed by atoms with E-state index in [9.17, 15) is 9.90 Å². The van der Waals surface area contributed by atoms with Crippen molar-refractivity contribution in [2.75, 3.05) is 27.8 Å². The number of methoxy groups -OCH3 is 1. The molecule has 0 bridgehead atoms. The standard InChI is InChI=1S/C14H19N3O3/c1-16(2)9-11-4-6-17-13(12(11)18)15-8-10(14(17)19)5-7-20-3/h4,6,8,18H,5,7,9H2,1-3H3. The van der Waals surface area contributed by atoms with E-state index in [-0.39, 0.29) is 17.0 Å². The van der Waals surface area contributed by atoms with E-state index >= 15 is 0 Å². The number of hydrogen-bond donors (Lipinski definition) is 1.